The lowest BCUT2D eigenvalue weighted by Crippen LogP contribution is -2.39. The lowest BCUT2D eigenvalue weighted by atomic mass is 10.0. The first-order valence-corrected chi connectivity index (χ1v) is 5.68. The zero-order chi connectivity index (χ0) is 13.3. The number of hydrogen-bond acceptors (Lipinski definition) is 4. The van der Waals surface area contributed by atoms with Crippen LogP contribution in [0.25, 0.3) is 0 Å². The molecule has 0 unspecified atom stereocenters. The Morgan fingerprint density at radius 3 is 2.61 bits per heavy atom. The summed E-state index contributed by atoms with van der Waals surface area (Å²) < 4.78 is 10.4. The predicted molar refractivity (Wildman–Crippen MR) is 64.8 cm³/mol. The number of carbonyl (C=O) groups is 2. The maximum Gasteiger partial charge on any atom is 0.231 e. The molecule has 0 aromatic heterocycles. The Balaban J connectivity index is 2.21. The Morgan fingerprint density at radius 1 is 1.28 bits per heavy atom. The molecule has 0 fully saturated rings. The Labute approximate surface area is 105 Å². The zero-order valence-electron chi connectivity index (χ0n) is 10.6. The van der Waals surface area contributed by atoms with E-state index in [-0.39, 0.29) is 18.5 Å². The molecule has 1 heterocycles. The van der Waals surface area contributed by atoms with Crippen molar-refractivity contribution in [1.82, 2.24) is 4.90 Å². The van der Waals surface area contributed by atoms with Gasteiger partial charge >= 0.3 is 0 Å². The van der Waals surface area contributed by atoms with Crippen LogP contribution in [0, 0.1) is 0 Å². The molecule has 1 aromatic rings. The SMILES string of the molecule is CC(=O)N(C)[C@H](C)C(=O)c1ccc2c(c1)OCO2. The average molecular weight is 249 g/mol. The van der Waals surface area contributed by atoms with Gasteiger partial charge in [0.1, 0.15) is 0 Å². The third-order valence-corrected chi connectivity index (χ3v) is 3.11. The highest BCUT2D eigenvalue weighted by molar-refractivity contribution is 6.01. The first kappa shape index (κ1) is 12.4. The third kappa shape index (κ3) is 2.16. The van der Waals surface area contributed by atoms with Crippen molar-refractivity contribution < 1.29 is 19.1 Å². The molecule has 1 aliphatic rings. The van der Waals surface area contributed by atoms with Crippen LogP contribution in [-0.4, -0.2) is 36.5 Å². The van der Waals surface area contributed by atoms with E-state index in [4.69, 9.17) is 9.47 Å². The summed E-state index contributed by atoms with van der Waals surface area (Å²) in [7, 11) is 1.61. The van der Waals surface area contributed by atoms with E-state index in [1.807, 2.05) is 0 Å². The van der Waals surface area contributed by atoms with Crippen molar-refractivity contribution in [2.75, 3.05) is 13.8 Å². The van der Waals surface area contributed by atoms with Crippen molar-refractivity contribution in [3.8, 4) is 11.5 Å². The van der Waals surface area contributed by atoms with Crippen LogP contribution in [0.2, 0.25) is 0 Å². The van der Waals surface area contributed by atoms with Gasteiger partial charge in [-0.15, -0.1) is 0 Å². The molecule has 18 heavy (non-hydrogen) atoms. The first-order valence-electron chi connectivity index (χ1n) is 5.68. The van der Waals surface area contributed by atoms with Gasteiger partial charge in [0, 0.05) is 19.5 Å². The van der Waals surface area contributed by atoms with E-state index in [9.17, 15) is 9.59 Å². The number of ketones is 1. The summed E-state index contributed by atoms with van der Waals surface area (Å²) in [6, 6.07) is 4.54. The van der Waals surface area contributed by atoms with Gasteiger partial charge in [-0.1, -0.05) is 0 Å². The van der Waals surface area contributed by atoms with Gasteiger partial charge in [-0.05, 0) is 25.1 Å². The van der Waals surface area contributed by atoms with Gasteiger partial charge in [0.2, 0.25) is 12.7 Å². The lowest BCUT2D eigenvalue weighted by Gasteiger charge is -2.22. The van der Waals surface area contributed by atoms with Crippen molar-refractivity contribution in [3.05, 3.63) is 23.8 Å². The number of ether oxygens (including phenoxy) is 2. The number of carbonyl (C=O) groups excluding carboxylic acids is 2. The minimum absolute atomic E-state index is 0.119. The largest absolute Gasteiger partial charge is 0.454 e. The van der Waals surface area contributed by atoms with Crippen LogP contribution in [0.4, 0.5) is 0 Å². The minimum Gasteiger partial charge on any atom is -0.454 e. The molecule has 96 valence electrons. The summed E-state index contributed by atoms with van der Waals surface area (Å²) in [5, 5.41) is 0. The van der Waals surface area contributed by atoms with E-state index in [0.29, 0.717) is 17.1 Å². The Morgan fingerprint density at radius 2 is 1.94 bits per heavy atom. The molecular formula is C13H15NO4. The molecule has 1 amide bonds. The molecule has 0 saturated heterocycles. The number of fused-ring (bicyclic) bond motifs is 1. The van der Waals surface area contributed by atoms with Crippen LogP contribution in [0.3, 0.4) is 0 Å². The fourth-order valence-corrected chi connectivity index (χ4v) is 1.74. The van der Waals surface area contributed by atoms with E-state index in [1.54, 1.807) is 32.2 Å². The molecule has 0 bridgehead atoms. The highest BCUT2D eigenvalue weighted by Crippen LogP contribution is 2.32. The molecule has 5 nitrogen and oxygen atoms in total. The summed E-state index contributed by atoms with van der Waals surface area (Å²) in [5.41, 5.74) is 0.514. The number of likely N-dealkylation sites (N-methyl/N-ethyl adjacent to an activating group) is 1. The van der Waals surface area contributed by atoms with Crippen LogP contribution >= 0.6 is 0 Å². The number of nitrogens with zero attached hydrogens (tertiary/aromatic N) is 1. The number of hydrogen-bond donors (Lipinski definition) is 0. The normalized spacial score (nSPS) is 14.2. The summed E-state index contributed by atoms with van der Waals surface area (Å²) in [4.78, 5) is 24.8. The Hall–Kier alpha value is -2.04. The summed E-state index contributed by atoms with van der Waals surface area (Å²) >= 11 is 0. The van der Waals surface area contributed by atoms with E-state index < -0.39 is 6.04 Å². The molecule has 2 rings (SSSR count). The maximum atomic E-state index is 12.2. The monoisotopic (exact) mass is 249 g/mol. The van der Waals surface area contributed by atoms with Gasteiger partial charge in [0.05, 0.1) is 6.04 Å². The van der Waals surface area contributed by atoms with Gasteiger partial charge in [-0.25, -0.2) is 0 Å². The fraction of sp³-hybridized carbons (Fsp3) is 0.385. The molecule has 0 spiro atoms. The second-order valence-electron chi connectivity index (χ2n) is 4.24. The molecule has 1 aliphatic heterocycles. The molecular weight excluding hydrogens is 234 g/mol. The summed E-state index contributed by atoms with van der Waals surface area (Å²) in [5.74, 6) is 0.945. The molecule has 0 radical (unpaired) electrons. The van der Waals surface area contributed by atoms with E-state index >= 15 is 0 Å². The summed E-state index contributed by atoms with van der Waals surface area (Å²) in [6.45, 7) is 3.31. The van der Waals surface area contributed by atoms with Crippen molar-refractivity contribution in [1.29, 1.82) is 0 Å². The number of amides is 1. The van der Waals surface area contributed by atoms with Crippen molar-refractivity contribution in [3.63, 3.8) is 0 Å². The predicted octanol–water partition coefficient (Wildman–Crippen LogP) is 1.46. The van der Waals surface area contributed by atoms with Gasteiger partial charge in [-0.2, -0.15) is 0 Å². The standard InChI is InChI=1S/C13H15NO4/c1-8(14(3)9(2)15)13(16)10-4-5-11-12(6-10)18-7-17-11/h4-6,8H,7H2,1-3H3/t8-/m1/s1. The van der Waals surface area contributed by atoms with Crippen molar-refractivity contribution >= 4 is 11.7 Å². The second-order valence-corrected chi connectivity index (χ2v) is 4.24. The fourth-order valence-electron chi connectivity index (χ4n) is 1.74. The third-order valence-electron chi connectivity index (χ3n) is 3.11. The smallest absolute Gasteiger partial charge is 0.231 e. The van der Waals surface area contributed by atoms with Gasteiger partial charge in [0.25, 0.3) is 0 Å². The highest BCUT2D eigenvalue weighted by atomic mass is 16.7. The first-order chi connectivity index (χ1) is 8.50. The Bertz CT molecular complexity index is 498. The van der Waals surface area contributed by atoms with Gasteiger partial charge in [-0.3, -0.25) is 9.59 Å². The van der Waals surface area contributed by atoms with E-state index in [1.165, 1.54) is 11.8 Å². The average Bonchev–Trinajstić information content (AvgIpc) is 2.82. The van der Waals surface area contributed by atoms with Crippen molar-refractivity contribution in [2.45, 2.75) is 19.9 Å². The summed E-state index contributed by atoms with van der Waals surface area (Å²) in [6.07, 6.45) is 0. The number of benzene rings is 1. The Kier molecular flexibility index (Phi) is 3.23. The van der Waals surface area contributed by atoms with Crippen LogP contribution < -0.4 is 9.47 Å². The van der Waals surface area contributed by atoms with E-state index in [2.05, 4.69) is 0 Å². The van der Waals surface area contributed by atoms with Crippen molar-refractivity contribution in [2.24, 2.45) is 0 Å². The molecule has 5 heteroatoms. The molecule has 0 N–H and O–H groups in total. The van der Waals surface area contributed by atoms with Crippen LogP contribution in [-0.2, 0) is 4.79 Å². The number of rotatable bonds is 3. The molecule has 1 atom stereocenters. The van der Waals surface area contributed by atoms with Crippen LogP contribution in [0.15, 0.2) is 18.2 Å². The number of Topliss-reactive ketones (excluding diaryl/α,β-unsaturated/α-hetero) is 1. The molecule has 0 aliphatic carbocycles. The van der Waals surface area contributed by atoms with E-state index in [0.717, 1.165) is 0 Å². The van der Waals surface area contributed by atoms with Crippen LogP contribution in [0.5, 0.6) is 11.5 Å². The quantitative estimate of drug-likeness (QED) is 0.761. The van der Waals surface area contributed by atoms with Gasteiger partial charge in [0.15, 0.2) is 17.3 Å². The molecule has 1 aromatic carbocycles. The molecule has 0 saturated carbocycles. The zero-order valence-corrected chi connectivity index (χ0v) is 10.6. The second kappa shape index (κ2) is 4.68. The van der Waals surface area contributed by atoms with Gasteiger partial charge < -0.3 is 14.4 Å². The topological polar surface area (TPSA) is 55.8 Å². The lowest BCUT2D eigenvalue weighted by molar-refractivity contribution is -0.128. The maximum absolute atomic E-state index is 12.2. The minimum atomic E-state index is -0.497. The highest BCUT2D eigenvalue weighted by Gasteiger charge is 2.23. The van der Waals surface area contributed by atoms with Crippen LogP contribution in [0.1, 0.15) is 24.2 Å².